The first-order chi connectivity index (χ1) is 29.6. The number of carbonyl (C=O) groups is 4. The molecule has 0 aliphatic carbocycles. The number of piperidine rings is 1. The molecule has 0 spiro atoms. The molecule has 1 atom stereocenters. The highest BCUT2D eigenvalue weighted by Crippen LogP contribution is 2.40. The maximum absolute atomic E-state index is 13.2. The molecule has 322 valence electrons. The predicted octanol–water partition coefficient (Wildman–Crippen LogP) is 5.52. The van der Waals surface area contributed by atoms with Crippen molar-refractivity contribution in [3.63, 3.8) is 0 Å². The fourth-order valence-electron chi connectivity index (χ4n) is 6.63. The Hall–Kier alpha value is -5.74. The molecule has 19 heteroatoms. The van der Waals surface area contributed by atoms with Crippen LogP contribution in [-0.2, 0) is 28.5 Å². The highest BCUT2D eigenvalue weighted by Gasteiger charge is 2.45. The van der Waals surface area contributed by atoms with Gasteiger partial charge in [0.05, 0.1) is 111 Å². The number of halogens is 2. The summed E-state index contributed by atoms with van der Waals surface area (Å²) in [4.78, 5) is 55.5. The van der Waals surface area contributed by atoms with Gasteiger partial charge in [-0.05, 0) is 30.7 Å². The Morgan fingerprint density at radius 3 is 2.21 bits per heavy atom. The quantitative estimate of drug-likeness (QED) is 0.0619. The van der Waals surface area contributed by atoms with Gasteiger partial charge in [0.2, 0.25) is 11.8 Å². The third-order valence-corrected chi connectivity index (χ3v) is 10.2. The Balaban J connectivity index is 0.820. The van der Waals surface area contributed by atoms with E-state index in [0.29, 0.717) is 133 Å². The smallest absolute Gasteiger partial charge is 0.264 e. The molecule has 1 unspecified atom stereocenters. The van der Waals surface area contributed by atoms with E-state index in [-0.39, 0.29) is 24.0 Å². The number of pyridine rings is 1. The number of rotatable bonds is 23. The van der Waals surface area contributed by atoms with Crippen LogP contribution < -0.4 is 30.2 Å². The van der Waals surface area contributed by atoms with Gasteiger partial charge in [0.15, 0.2) is 11.5 Å². The second kappa shape index (κ2) is 21.7. The summed E-state index contributed by atoms with van der Waals surface area (Å²) in [6.07, 6.45) is 2.23. The summed E-state index contributed by atoms with van der Waals surface area (Å²) in [5, 5.41) is 19.7. The molecule has 1 saturated heterocycles. The Morgan fingerprint density at radius 2 is 1.52 bits per heavy atom. The van der Waals surface area contributed by atoms with Crippen LogP contribution in [0.25, 0.3) is 10.9 Å². The van der Waals surface area contributed by atoms with E-state index in [1.54, 1.807) is 42.5 Å². The highest BCUT2D eigenvalue weighted by atomic mass is 35.5. The van der Waals surface area contributed by atoms with Gasteiger partial charge in [0, 0.05) is 55.4 Å². The summed E-state index contributed by atoms with van der Waals surface area (Å²) in [6.45, 7) is 3.77. The largest absolute Gasteiger partial charge is 0.495 e. The molecule has 4 amide bonds. The number of benzene rings is 3. The molecule has 3 aromatic carbocycles. The van der Waals surface area contributed by atoms with Gasteiger partial charge in [-0.3, -0.25) is 34.4 Å². The van der Waals surface area contributed by atoms with E-state index in [1.807, 2.05) is 0 Å². The molecule has 0 saturated carbocycles. The zero-order chi connectivity index (χ0) is 43.3. The number of hydrogen-bond donors (Lipinski definition) is 3. The van der Waals surface area contributed by atoms with Crippen molar-refractivity contribution in [1.82, 2.24) is 15.2 Å². The van der Waals surface area contributed by atoms with Crippen molar-refractivity contribution in [3.8, 4) is 23.3 Å². The molecule has 17 nitrogen and oxygen atoms in total. The van der Waals surface area contributed by atoms with Gasteiger partial charge in [-0.15, -0.1) is 0 Å². The normalized spacial score (nSPS) is 14.8. The lowest BCUT2D eigenvalue weighted by Crippen LogP contribution is -2.54. The number of imide groups is 2. The number of carbonyl (C=O) groups excluding carboxylic acids is 4. The van der Waals surface area contributed by atoms with Gasteiger partial charge in [-0.1, -0.05) is 29.3 Å². The first kappa shape index (κ1) is 44.8. The number of nitrogens with zero attached hydrogens (tertiary/aromatic N) is 3. The molecule has 4 aromatic rings. The third-order valence-electron chi connectivity index (χ3n) is 9.61. The summed E-state index contributed by atoms with van der Waals surface area (Å²) >= 11 is 12.7. The average Bonchev–Trinajstić information content (AvgIpc) is 3.51. The van der Waals surface area contributed by atoms with Gasteiger partial charge in [-0.25, -0.2) is 0 Å². The van der Waals surface area contributed by atoms with Crippen LogP contribution in [0, 0.1) is 11.3 Å². The molecule has 3 heterocycles. The molecule has 61 heavy (non-hydrogen) atoms. The minimum atomic E-state index is -1.03. The van der Waals surface area contributed by atoms with Crippen LogP contribution in [0.2, 0.25) is 10.0 Å². The van der Waals surface area contributed by atoms with Crippen LogP contribution in [0.1, 0.15) is 45.5 Å². The maximum Gasteiger partial charge on any atom is 0.264 e. The molecule has 1 aromatic heterocycles. The van der Waals surface area contributed by atoms with Crippen LogP contribution in [0.4, 0.5) is 17.1 Å². The number of anilines is 3. The van der Waals surface area contributed by atoms with Gasteiger partial charge < -0.3 is 43.8 Å². The number of aromatic nitrogens is 1. The van der Waals surface area contributed by atoms with Crippen molar-refractivity contribution in [2.45, 2.75) is 25.3 Å². The summed E-state index contributed by atoms with van der Waals surface area (Å²) in [6, 6.07) is 12.7. The summed E-state index contributed by atoms with van der Waals surface area (Å²) in [7, 11) is 3.03. The van der Waals surface area contributed by atoms with E-state index in [1.165, 1.54) is 20.4 Å². The molecular weight excluding hydrogens is 835 g/mol. The van der Waals surface area contributed by atoms with Gasteiger partial charge >= 0.3 is 0 Å². The number of nitrogens with one attached hydrogen (secondary N) is 3. The first-order valence-electron chi connectivity index (χ1n) is 19.4. The Morgan fingerprint density at radius 1 is 0.820 bits per heavy atom. The zero-order valence-corrected chi connectivity index (χ0v) is 35.0. The number of ether oxygens (including phenoxy) is 7. The van der Waals surface area contributed by atoms with Crippen molar-refractivity contribution in [3.05, 3.63) is 75.4 Å². The first-order valence-corrected chi connectivity index (χ1v) is 20.1. The number of hydrogen-bond acceptors (Lipinski definition) is 15. The molecule has 0 bridgehead atoms. The SMILES string of the molecule is COc1cc(Nc2c(C#N)cnc3cc(OCCCOCCOCCOCCOCCNc4cccc5c4C(=O)N(C4CCC(=O)NC4=O)C5=O)c(OC)cc23)c(Cl)cc1Cl. The van der Waals surface area contributed by atoms with Gasteiger partial charge in [-0.2, -0.15) is 5.26 Å². The Kier molecular flexibility index (Phi) is 15.9. The van der Waals surface area contributed by atoms with Crippen molar-refractivity contribution in [2.75, 3.05) is 90.9 Å². The fraction of sp³-hybridized carbons (Fsp3) is 0.381. The number of nitriles is 1. The lowest BCUT2D eigenvalue weighted by molar-refractivity contribution is -0.136. The molecule has 2 aliphatic rings. The van der Waals surface area contributed by atoms with Crippen LogP contribution in [0.15, 0.2) is 48.7 Å². The van der Waals surface area contributed by atoms with E-state index in [4.69, 9.17) is 56.4 Å². The van der Waals surface area contributed by atoms with E-state index in [2.05, 4.69) is 27.0 Å². The second-order valence-corrected chi connectivity index (χ2v) is 14.3. The van der Waals surface area contributed by atoms with Gasteiger partial charge in [0.1, 0.15) is 17.9 Å². The van der Waals surface area contributed by atoms with E-state index in [0.717, 1.165) is 4.90 Å². The molecular formula is C42H44Cl2N6O11. The topological polar surface area (TPSA) is 209 Å². The number of methoxy groups -OCH3 is 2. The monoisotopic (exact) mass is 878 g/mol. The minimum absolute atomic E-state index is 0.0544. The van der Waals surface area contributed by atoms with Gasteiger partial charge in [0.25, 0.3) is 11.8 Å². The Bertz CT molecular complexity index is 2310. The van der Waals surface area contributed by atoms with Crippen LogP contribution >= 0.6 is 23.2 Å². The maximum atomic E-state index is 13.2. The molecule has 0 radical (unpaired) electrons. The van der Waals surface area contributed by atoms with E-state index in [9.17, 15) is 24.4 Å². The van der Waals surface area contributed by atoms with Crippen molar-refractivity contribution < 1.29 is 52.3 Å². The van der Waals surface area contributed by atoms with E-state index >= 15 is 0 Å². The van der Waals surface area contributed by atoms with Crippen LogP contribution in [0.3, 0.4) is 0 Å². The van der Waals surface area contributed by atoms with Crippen molar-refractivity contribution in [1.29, 1.82) is 5.26 Å². The minimum Gasteiger partial charge on any atom is -0.495 e. The average molecular weight is 880 g/mol. The standard InChI is InChI=1S/C42H44Cl2N6O11/c1-55-34-22-32(28(43)20-29(34)44)48-39-25(23-45)24-47-31-21-36(35(56-2)19-27(31)39)61-11-4-10-57-13-15-59-17-18-60-16-14-58-12-9-46-30-6-3-5-26-38(30)42(54)50(41(26)53)33-7-8-37(51)49-40(33)52/h3,5-6,19-22,24,33,46H,4,7-18H2,1-2H3,(H,47,48)(H,49,51,52). The van der Waals surface area contributed by atoms with Crippen LogP contribution in [-0.4, -0.2) is 120 Å². The molecule has 6 rings (SSSR count). The molecule has 3 N–H and O–H groups in total. The number of amides is 4. The third kappa shape index (κ3) is 11.0. The second-order valence-electron chi connectivity index (χ2n) is 13.5. The van der Waals surface area contributed by atoms with E-state index < -0.39 is 29.7 Å². The fourth-order valence-corrected chi connectivity index (χ4v) is 7.14. The lowest BCUT2D eigenvalue weighted by atomic mass is 10.0. The summed E-state index contributed by atoms with van der Waals surface area (Å²) < 4.78 is 39.4. The number of fused-ring (bicyclic) bond motifs is 2. The van der Waals surface area contributed by atoms with Crippen molar-refractivity contribution >= 4 is 74.8 Å². The summed E-state index contributed by atoms with van der Waals surface area (Å²) in [5.74, 6) is -0.844. The lowest BCUT2D eigenvalue weighted by Gasteiger charge is -2.27. The zero-order valence-electron chi connectivity index (χ0n) is 33.5. The predicted molar refractivity (Wildman–Crippen MR) is 224 cm³/mol. The molecule has 2 aliphatic heterocycles. The van der Waals surface area contributed by atoms with Crippen molar-refractivity contribution in [2.24, 2.45) is 0 Å². The highest BCUT2D eigenvalue weighted by molar-refractivity contribution is 6.37. The Labute approximate surface area is 361 Å². The summed E-state index contributed by atoms with van der Waals surface area (Å²) in [5.41, 5.74) is 2.72. The molecule has 1 fully saturated rings. The van der Waals surface area contributed by atoms with Crippen LogP contribution in [0.5, 0.6) is 17.2 Å².